The molecule has 0 fully saturated rings. The second kappa shape index (κ2) is 9.86. The Hall–Kier alpha value is -4.01. The molecule has 0 saturated heterocycles. The van der Waals surface area contributed by atoms with E-state index < -0.39 is 23.8 Å². The van der Waals surface area contributed by atoms with Gasteiger partial charge in [-0.15, -0.1) is 0 Å². The van der Waals surface area contributed by atoms with Gasteiger partial charge in [-0.3, -0.25) is 9.59 Å². The minimum atomic E-state index is -4.46. The first kappa shape index (κ1) is 23.2. The van der Waals surface area contributed by atoms with Gasteiger partial charge in [-0.2, -0.15) is 13.2 Å². The Morgan fingerprint density at radius 1 is 1.00 bits per heavy atom. The maximum atomic E-state index is 12.8. The first-order valence-electron chi connectivity index (χ1n) is 10.5. The lowest BCUT2D eigenvalue weighted by atomic mass is 10.1. The largest absolute Gasteiger partial charge is 0.492 e. The normalized spacial score (nSPS) is 14.6. The lowest BCUT2D eigenvalue weighted by Crippen LogP contribution is -2.31. The lowest BCUT2D eigenvalue weighted by molar-refractivity contribution is -0.137. The molecule has 1 atom stereocenters. The molecule has 1 aliphatic rings. The van der Waals surface area contributed by atoms with E-state index in [-0.39, 0.29) is 24.8 Å². The number of nitrogens with one attached hydrogen (secondary N) is 2. The van der Waals surface area contributed by atoms with Crippen molar-refractivity contribution in [2.24, 2.45) is 0 Å². The minimum absolute atomic E-state index is 0.0109. The van der Waals surface area contributed by atoms with Crippen molar-refractivity contribution in [3.05, 3.63) is 89.5 Å². The molecule has 2 amide bonds. The highest BCUT2D eigenvalue weighted by molar-refractivity contribution is 5.98. The summed E-state index contributed by atoms with van der Waals surface area (Å²) < 4.78 is 49.3. The third-order valence-corrected chi connectivity index (χ3v) is 5.15. The molecule has 1 heterocycles. The Morgan fingerprint density at radius 3 is 2.59 bits per heavy atom. The molecule has 1 unspecified atom stereocenters. The predicted molar refractivity (Wildman–Crippen MR) is 119 cm³/mol. The summed E-state index contributed by atoms with van der Waals surface area (Å²) in [5, 5.41) is 5.40. The van der Waals surface area contributed by atoms with Crippen LogP contribution in [0.2, 0.25) is 0 Å². The first-order chi connectivity index (χ1) is 16.3. The highest BCUT2D eigenvalue weighted by Crippen LogP contribution is 2.31. The summed E-state index contributed by atoms with van der Waals surface area (Å²) in [5.41, 5.74) is 0.910. The van der Waals surface area contributed by atoms with Crippen molar-refractivity contribution in [1.29, 1.82) is 0 Å². The van der Waals surface area contributed by atoms with Crippen molar-refractivity contribution >= 4 is 17.5 Å². The van der Waals surface area contributed by atoms with Crippen molar-refractivity contribution in [3.8, 4) is 11.5 Å². The van der Waals surface area contributed by atoms with Crippen LogP contribution in [0, 0.1) is 0 Å². The molecule has 6 nitrogen and oxygen atoms in total. The van der Waals surface area contributed by atoms with E-state index in [1.165, 1.54) is 18.2 Å². The monoisotopic (exact) mass is 470 g/mol. The van der Waals surface area contributed by atoms with Gasteiger partial charge in [0.15, 0.2) is 6.10 Å². The lowest BCUT2D eigenvalue weighted by Gasteiger charge is -2.13. The van der Waals surface area contributed by atoms with Crippen LogP contribution in [0.5, 0.6) is 11.5 Å². The fourth-order valence-corrected chi connectivity index (χ4v) is 3.49. The van der Waals surface area contributed by atoms with Gasteiger partial charge in [0.25, 0.3) is 11.8 Å². The summed E-state index contributed by atoms with van der Waals surface area (Å²) in [6.07, 6.45) is -4.64. The van der Waals surface area contributed by atoms with Crippen molar-refractivity contribution in [3.63, 3.8) is 0 Å². The van der Waals surface area contributed by atoms with Gasteiger partial charge in [0.05, 0.1) is 12.1 Å². The fourth-order valence-electron chi connectivity index (χ4n) is 3.49. The molecular formula is C25H21F3N2O4. The van der Waals surface area contributed by atoms with Gasteiger partial charge in [0.2, 0.25) is 0 Å². The van der Waals surface area contributed by atoms with E-state index in [2.05, 4.69) is 10.6 Å². The zero-order chi connectivity index (χ0) is 24.1. The Morgan fingerprint density at radius 2 is 1.79 bits per heavy atom. The van der Waals surface area contributed by atoms with Crippen LogP contribution >= 0.6 is 0 Å². The molecule has 176 valence electrons. The van der Waals surface area contributed by atoms with Gasteiger partial charge in [-0.25, -0.2) is 0 Å². The molecule has 0 spiro atoms. The van der Waals surface area contributed by atoms with Gasteiger partial charge in [0, 0.05) is 17.7 Å². The summed E-state index contributed by atoms with van der Waals surface area (Å²) >= 11 is 0. The van der Waals surface area contributed by atoms with E-state index in [1.54, 1.807) is 18.2 Å². The van der Waals surface area contributed by atoms with Crippen LogP contribution in [0.3, 0.4) is 0 Å². The van der Waals surface area contributed by atoms with Crippen LogP contribution in [0.4, 0.5) is 18.9 Å². The van der Waals surface area contributed by atoms with E-state index in [9.17, 15) is 22.8 Å². The number of carbonyl (C=O) groups excluding carboxylic acids is 2. The summed E-state index contributed by atoms with van der Waals surface area (Å²) in [5.74, 6) is 0.0182. The Bertz CT molecular complexity index is 1170. The molecule has 0 bridgehead atoms. The third-order valence-electron chi connectivity index (χ3n) is 5.15. The van der Waals surface area contributed by atoms with Crippen molar-refractivity contribution < 1.29 is 32.2 Å². The number of fused-ring (bicyclic) bond motifs is 1. The molecule has 4 rings (SSSR count). The zero-order valence-electron chi connectivity index (χ0n) is 17.9. The number of alkyl halides is 3. The molecule has 0 aliphatic carbocycles. The SMILES string of the molecule is O=C(NCCOc1cccc(C(F)(F)F)c1)c1cccc(NC(=O)C2Cc3ccccc3O2)c1. The average Bonchev–Trinajstić information content (AvgIpc) is 3.26. The number of para-hydroxylation sites is 1. The van der Waals surface area contributed by atoms with Gasteiger partial charge in [-0.05, 0) is 48.0 Å². The van der Waals surface area contributed by atoms with Gasteiger partial charge < -0.3 is 20.1 Å². The molecule has 3 aromatic carbocycles. The van der Waals surface area contributed by atoms with Crippen LogP contribution in [0.1, 0.15) is 21.5 Å². The molecular weight excluding hydrogens is 449 g/mol. The molecule has 34 heavy (non-hydrogen) atoms. The number of benzene rings is 3. The number of rotatable bonds is 7. The van der Waals surface area contributed by atoms with E-state index in [1.807, 2.05) is 24.3 Å². The zero-order valence-corrected chi connectivity index (χ0v) is 17.9. The number of hydrogen-bond acceptors (Lipinski definition) is 4. The highest BCUT2D eigenvalue weighted by atomic mass is 19.4. The third kappa shape index (κ3) is 5.67. The highest BCUT2D eigenvalue weighted by Gasteiger charge is 2.31. The van der Waals surface area contributed by atoms with E-state index >= 15 is 0 Å². The number of anilines is 1. The fraction of sp³-hybridized carbons (Fsp3) is 0.200. The number of amides is 2. The molecule has 0 radical (unpaired) electrons. The number of hydrogen-bond donors (Lipinski definition) is 2. The van der Waals surface area contributed by atoms with Crippen LogP contribution in [0.25, 0.3) is 0 Å². The number of ether oxygens (including phenoxy) is 2. The van der Waals surface area contributed by atoms with Crippen LogP contribution in [-0.2, 0) is 17.4 Å². The van der Waals surface area contributed by atoms with E-state index in [4.69, 9.17) is 9.47 Å². The van der Waals surface area contributed by atoms with Crippen molar-refractivity contribution in [1.82, 2.24) is 5.32 Å². The smallest absolute Gasteiger partial charge is 0.416 e. The minimum Gasteiger partial charge on any atom is -0.492 e. The molecule has 1 aliphatic heterocycles. The number of carbonyl (C=O) groups is 2. The molecule has 2 N–H and O–H groups in total. The van der Waals surface area contributed by atoms with Gasteiger partial charge >= 0.3 is 6.18 Å². The average molecular weight is 470 g/mol. The van der Waals surface area contributed by atoms with Crippen LogP contribution in [0.15, 0.2) is 72.8 Å². The predicted octanol–water partition coefficient (Wildman–Crippen LogP) is 4.46. The van der Waals surface area contributed by atoms with Crippen LogP contribution < -0.4 is 20.1 Å². The maximum absolute atomic E-state index is 12.8. The molecule has 9 heteroatoms. The van der Waals surface area contributed by atoms with Gasteiger partial charge in [-0.1, -0.05) is 30.3 Å². The molecule has 0 saturated carbocycles. The maximum Gasteiger partial charge on any atom is 0.416 e. The van der Waals surface area contributed by atoms with Crippen molar-refractivity contribution in [2.75, 3.05) is 18.5 Å². The second-order valence-electron chi connectivity index (χ2n) is 7.62. The van der Waals surface area contributed by atoms with Crippen LogP contribution in [-0.4, -0.2) is 31.1 Å². The summed E-state index contributed by atoms with van der Waals surface area (Å²) in [6.45, 7) is 0.0723. The standard InChI is InChI=1S/C25H21F3N2O4/c26-25(27,28)18-7-4-9-20(15-18)33-12-11-29-23(31)17-6-3-8-19(13-17)30-24(32)22-14-16-5-1-2-10-21(16)34-22/h1-10,13,15,22H,11-12,14H2,(H,29,31)(H,30,32). The van der Waals surface area contributed by atoms with E-state index in [0.717, 1.165) is 17.7 Å². The second-order valence-corrected chi connectivity index (χ2v) is 7.62. The van der Waals surface area contributed by atoms with Gasteiger partial charge in [0.1, 0.15) is 18.1 Å². The Labute approximate surface area is 193 Å². The van der Waals surface area contributed by atoms with Crippen molar-refractivity contribution in [2.45, 2.75) is 18.7 Å². The summed E-state index contributed by atoms with van der Waals surface area (Å²) in [4.78, 5) is 25.0. The number of halogens is 3. The Balaban J connectivity index is 1.26. The first-order valence-corrected chi connectivity index (χ1v) is 10.5. The quantitative estimate of drug-likeness (QED) is 0.500. The Kier molecular flexibility index (Phi) is 6.72. The molecule has 3 aromatic rings. The topological polar surface area (TPSA) is 76.7 Å². The summed E-state index contributed by atoms with van der Waals surface area (Å²) in [6, 6.07) is 18.4. The molecule has 0 aromatic heterocycles. The van der Waals surface area contributed by atoms with E-state index in [0.29, 0.717) is 23.4 Å². The summed E-state index contributed by atoms with van der Waals surface area (Å²) in [7, 11) is 0.